The van der Waals surface area contributed by atoms with Crippen molar-refractivity contribution in [1.29, 1.82) is 0 Å². The van der Waals surface area contributed by atoms with E-state index < -0.39 is 12.2 Å². The van der Waals surface area contributed by atoms with E-state index in [9.17, 15) is 5.11 Å². The van der Waals surface area contributed by atoms with Crippen LogP contribution in [0.2, 0.25) is 0 Å². The second kappa shape index (κ2) is 21.2. The van der Waals surface area contributed by atoms with Crippen LogP contribution in [0.4, 0.5) is 0 Å². The number of thiophene rings is 2. The Morgan fingerprint density at radius 3 is 1.54 bits per heavy atom. The minimum atomic E-state index is -0.416. The zero-order valence-electron chi connectivity index (χ0n) is 27.1. The van der Waals surface area contributed by atoms with Crippen LogP contribution in [0, 0.1) is 12.1 Å². The first-order chi connectivity index (χ1) is 23.0. The van der Waals surface area contributed by atoms with E-state index in [1.54, 1.807) is 35.7 Å². The maximum Gasteiger partial charge on any atom is 0.0567 e. The minimum absolute atomic E-state index is 0. The van der Waals surface area contributed by atoms with Crippen molar-refractivity contribution >= 4 is 42.8 Å². The fourth-order valence-corrected chi connectivity index (χ4v) is 6.51. The predicted octanol–water partition coefficient (Wildman–Crippen LogP) is 10.5. The maximum atomic E-state index is 9.52. The molecule has 0 aliphatic rings. The number of pyridine rings is 2. The third-order valence-electron chi connectivity index (χ3n) is 6.71. The van der Waals surface area contributed by atoms with Crippen LogP contribution in [0.3, 0.4) is 0 Å². The van der Waals surface area contributed by atoms with Gasteiger partial charge in [0.15, 0.2) is 0 Å². The molecular weight excluding hydrogens is 809 g/mol. The first-order valence-electron chi connectivity index (χ1n) is 15.6. The second-order valence-corrected chi connectivity index (χ2v) is 12.8. The number of hydrogen-bond donors (Lipinski definition) is 2. The number of nitrogens with zero attached hydrogens (tertiary/aromatic N) is 2. The van der Waals surface area contributed by atoms with Crippen molar-refractivity contribution in [3.8, 4) is 21.1 Å². The molecule has 2 N–H and O–H groups in total. The van der Waals surface area contributed by atoms with Crippen molar-refractivity contribution in [2.24, 2.45) is 0 Å². The van der Waals surface area contributed by atoms with Crippen LogP contribution in [-0.4, -0.2) is 32.4 Å². The van der Waals surface area contributed by atoms with Gasteiger partial charge in [0.05, 0.1) is 12.2 Å². The van der Waals surface area contributed by atoms with Gasteiger partial charge in [-0.25, -0.2) is 22.7 Å². The van der Waals surface area contributed by atoms with Gasteiger partial charge in [0, 0.05) is 43.9 Å². The van der Waals surface area contributed by atoms with E-state index in [1.165, 1.54) is 25.7 Å². The topological polar surface area (TPSA) is 66.2 Å². The molecule has 2 atom stereocenters. The Bertz CT molecular complexity index is 1720. The molecule has 2 unspecified atom stereocenters. The van der Waals surface area contributed by atoms with E-state index in [1.807, 2.05) is 86.0 Å². The van der Waals surface area contributed by atoms with Crippen molar-refractivity contribution in [2.45, 2.75) is 45.3 Å². The molecule has 7 heteroatoms. The maximum absolute atomic E-state index is 9.52. The molecule has 4 heterocycles. The molecule has 0 aliphatic carbocycles. The van der Waals surface area contributed by atoms with E-state index >= 15 is 0 Å². The van der Waals surface area contributed by atoms with E-state index in [0.717, 1.165) is 34.0 Å². The Hall–Kier alpha value is -3.81. The van der Waals surface area contributed by atoms with Gasteiger partial charge in [-0.1, -0.05) is 84.9 Å². The number of hydrogen-bond acceptors (Lipinski definition) is 6. The molecule has 249 valence electrons. The molecule has 1 radical (unpaired) electrons. The number of allylic oxidation sites excluding steroid dienone is 1. The number of aryl methyl sites for hydroxylation is 1. The summed E-state index contributed by atoms with van der Waals surface area (Å²) in [5.74, 6) is 0. The summed E-state index contributed by atoms with van der Waals surface area (Å²) in [6.45, 7) is 6.95. The summed E-state index contributed by atoms with van der Waals surface area (Å²) >= 11 is 3.46. The summed E-state index contributed by atoms with van der Waals surface area (Å²) < 4.78 is 2.52. The standard InChI is InChI=1S/2C13H8NS.C12H18O2.C3H6.Ir/c2*1-2-7-12-10(5-1)9-13(15-12)11-6-3-4-8-14-11;1-10(13)9-12(14)8-7-11-5-3-2-4-6-11;1-3-2;/h2*1-8H;2-6,10,12-14H,7-9H2,1H3;3H,1H2,2H3;/q2*-1;;;. The zero-order valence-corrected chi connectivity index (χ0v) is 31.2. The van der Waals surface area contributed by atoms with Crippen LogP contribution in [0.1, 0.15) is 32.3 Å². The Morgan fingerprint density at radius 1 is 0.688 bits per heavy atom. The van der Waals surface area contributed by atoms with Crippen LogP contribution < -0.4 is 0 Å². The first-order valence-corrected chi connectivity index (χ1v) is 17.2. The molecule has 7 aromatic rings. The van der Waals surface area contributed by atoms with E-state index in [-0.39, 0.29) is 20.1 Å². The molecule has 7 rings (SSSR count). The Labute approximate surface area is 305 Å². The van der Waals surface area contributed by atoms with Crippen LogP contribution >= 0.6 is 22.7 Å². The molecule has 0 aliphatic heterocycles. The van der Waals surface area contributed by atoms with Crippen molar-refractivity contribution in [3.05, 3.63) is 158 Å². The van der Waals surface area contributed by atoms with Gasteiger partial charge in [0.25, 0.3) is 0 Å². The van der Waals surface area contributed by atoms with Gasteiger partial charge in [-0.3, -0.25) is 0 Å². The number of aliphatic hydroxyl groups is 2. The van der Waals surface area contributed by atoms with Gasteiger partial charge in [-0.2, -0.15) is 0 Å². The van der Waals surface area contributed by atoms with Gasteiger partial charge in [0.1, 0.15) is 0 Å². The summed E-state index contributed by atoms with van der Waals surface area (Å²) in [6, 6.07) is 45.3. The average molecular weight is 849 g/mol. The normalized spacial score (nSPS) is 11.3. The zero-order chi connectivity index (χ0) is 33.3. The number of benzene rings is 3. The molecule has 48 heavy (non-hydrogen) atoms. The number of fused-ring (bicyclic) bond motifs is 2. The SMILES string of the molecule is C=CC.CC(O)CC(O)CCc1ccccc1.[Ir].[c-]1c(-c2ccccn2)sc2ccccc12.[c-]1c(-c2ccccn2)sc2ccccc12. The molecule has 0 fully saturated rings. The minimum Gasteiger partial charge on any atom is -0.393 e. The first kappa shape index (κ1) is 38.6. The molecule has 0 bridgehead atoms. The van der Waals surface area contributed by atoms with Gasteiger partial charge in [-0.15, -0.1) is 53.7 Å². The largest absolute Gasteiger partial charge is 0.393 e. The molecule has 0 saturated heterocycles. The van der Waals surface area contributed by atoms with Crippen LogP contribution in [0.25, 0.3) is 41.3 Å². The monoisotopic (exact) mass is 849 g/mol. The Morgan fingerprint density at radius 2 is 1.12 bits per heavy atom. The third kappa shape index (κ3) is 12.7. The summed E-state index contributed by atoms with van der Waals surface area (Å²) in [4.78, 5) is 10.9. The summed E-state index contributed by atoms with van der Waals surface area (Å²) in [5.41, 5.74) is 3.23. The molecule has 0 spiro atoms. The van der Waals surface area contributed by atoms with Crippen molar-refractivity contribution in [3.63, 3.8) is 0 Å². The quantitative estimate of drug-likeness (QED) is 0.124. The number of rotatable bonds is 7. The molecule has 0 saturated carbocycles. The fourth-order valence-electron chi connectivity index (χ4n) is 4.55. The molecular formula is C41H40IrN2O2S2-2. The van der Waals surface area contributed by atoms with Crippen LogP contribution in [0.15, 0.2) is 140 Å². The average Bonchev–Trinajstić information content (AvgIpc) is 3.75. The smallest absolute Gasteiger partial charge is 0.0567 e. The van der Waals surface area contributed by atoms with Gasteiger partial charge in [0.2, 0.25) is 0 Å². The molecule has 4 aromatic heterocycles. The molecule has 3 aromatic carbocycles. The van der Waals surface area contributed by atoms with Crippen LogP contribution in [0.5, 0.6) is 0 Å². The summed E-state index contributed by atoms with van der Waals surface area (Å²) in [5, 5.41) is 20.9. The van der Waals surface area contributed by atoms with E-state index in [2.05, 4.69) is 77.2 Å². The number of aliphatic hydroxyl groups excluding tert-OH is 2. The van der Waals surface area contributed by atoms with Crippen LogP contribution in [-0.2, 0) is 26.5 Å². The Balaban J connectivity index is 0.000000186. The summed E-state index contributed by atoms with van der Waals surface area (Å²) in [7, 11) is 0. The number of aromatic nitrogens is 2. The van der Waals surface area contributed by atoms with Gasteiger partial charge in [-0.05, 0) is 70.0 Å². The molecule has 4 nitrogen and oxygen atoms in total. The molecule has 0 amide bonds. The van der Waals surface area contributed by atoms with Crippen molar-refractivity contribution < 1.29 is 30.3 Å². The third-order valence-corrected chi connectivity index (χ3v) is 8.89. The second-order valence-electron chi connectivity index (χ2n) is 10.7. The fraction of sp³-hybridized carbons (Fsp3) is 0.171. The van der Waals surface area contributed by atoms with Crippen molar-refractivity contribution in [1.82, 2.24) is 9.97 Å². The van der Waals surface area contributed by atoms with E-state index in [0.29, 0.717) is 6.42 Å². The van der Waals surface area contributed by atoms with Gasteiger partial charge >= 0.3 is 0 Å². The van der Waals surface area contributed by atoms with E-state index in [4.69, 9.17) is 5.11 Å². The summed E-state index contributed by atoms with van der Waals surface area (Å²) in [6.07, 6.45) is 6.62. The van der Waals surface area contributed by atoms with Gasteiger partial charge < -0.3 is 20.2 Å². The predicted molar refractivity (Wildman–Crippen MR) is 201 cm³/mol. The Kier molecular flexibility index (Phi) is 17.1. The van der Waals surface area contributed by atoms with Crippen molar-refractivity contribution in [2.75, 3.05) is 0 Å².